The molecule has 8 nitrogen and oxygen atoms in total. The van der Waals surface area contributed by atoms with E-state index >= 15 is 0 Å². The van der Waals surface area contributed by atoms with Crippen molar-refractivity contribution in [2.24, 2.45) is 0 Å². The van der Waals surface area contributed by atoms with E-state index < -0.39 is 0 Å². The number of likely N-dealkylation sites (tertiary alicyclic amines) is 1. The zero-order valence-corrected chi connectivity index (χ0v) is 16.1. The van der Waals surface area contributed by atoms with Gasteiger partial charge in [-0.05, 0) is 39.4 Å². The minimum atomic E-state index is 0.559. The molecule has 3 rings (SSSR count). The highest BCUT2D eigenvalue weighted by Gasteiger charge is 2.22. The Morgan fingerprint density at radius 2 is 2.23 bits per heavy atom. The summed E-state index contributed by atoms with van der Waals surface area (Å²) in [4.78, 5) is 9.20. The van der Waals surface area contributed by atoms with Crippen molar-refractivity contribution in [1.82, 2.24) is 29.7 Å². The molecule has 2 aromatic heterocycles. The molecular formula is C18H30N6O2. The van der Waals surface area contributed by atoms with E-state index in [4.69, 9.17) is 9.26 Å². The van der Waals surface area contributed by atoms with Gasteiger partial charge in [-0.15, -0.1) is 0 Å². The Balaban J connectivity index is 1.47. The van der Waals surface area contributed by atoms with Gasteiger partial charge in [0.15, 0.2) is 5.82 Å². The van der Waals surface area contributed by atoms with Gasteiger partial charge in [-0.1, -0.05) is 5.16 Å². The Kier molecular flexibility index (Phi) is 6.76. The fraction of sp³-hybridized carbons (Fsp3) is 0.722. The number of hydrogen-bond donors (Lipinski definition) is 0. The lowest BCUT2D eigenvalue weighted by atomic mass is 10.1. The Bertz CT molecular complexity index is 670. The molecule has 1 fully saturated rings. The fourth-order valence-electron chi connectivity index (χ4n) is 3.55. The molecule has 0 spiro atoms. The van der Waals surface area contributed by atoms with E-state index in [1.165, 1.54) is 18.4 Å². The number of ether oxygens (including phenoxy) is 1. The van der Waals surface area contributed by atoms with E-state index in [1.807, 2.05) is 17.8 Å². The molecule has 1 aliphatic rings. The molecule has 0 amide bonds. The maximum absolute atomic E-state index is 5.11. The number of aromatic nitrogens is 4. The molecule has 8 heteroatoms. The predicted octanol–water partition coefficient (Wildman–Crippen LogP) is 1.71. The van der Waals surface area contributed by atoms with Gasteiger partial charge in [0.25, 0.3) is 0 Å². The number of hydrogen-bond acceptors (Lipinski definition) is 7. The quantitative estimate of drug-likeness (QED) is 0.708. The smallest absolute Gasteiger partial charge is 0.223 e. The average molecular weight is 362 g/mol. The van der Waals surface area contributed by atoms with Crippen LogP contribution in [0.15, 0.2) is 16.9 Å². The molecule has 0 aromatic carbocycles. The zero-order chi connectivity index (χ0) is 18.4. The van der Waals surface area contributed by atoms with Crippen LogP contribution in [0.1, 0.15) is 36.5 Å². The van der Waals surface area contributed by atoms with Crippen LogP contribution in [0.4, 0.5) is 0 Å². The molecule has 0 aliphatic carbocycles. The van der Waals surface area contributed by atoms with Crippen molar-refractivity contribution in [1.29, 1.82) is 0 Å². The number of rotatable bonds is 8. The molecular weight excluding hydrogens is 332 g/mol. The van der Waals surface area contributed by atoms with Crippen LogP contribution in [-0.2, 0) is 24.4 Å². The summed E-state index contributed by atoms with van der Waals surface area (Å²) < 4.78 is 12.1. The fourth-order valence-corrected chi connectivity index (χ4v) is 3.55. The lowest BCUT2D eigenvalue weighted by Gasteiger charge is -2.26. The molecule has 0 bridgehead atoms. The molecule has 0 N–H and O–H groups in total. The number of nitrogens with zero attached hydrogens (tertiary/aromatic N) is 6. The van der Waals surface area contributed by atoms with Crippen molar-refractivity contribution >= 4 is 0 Å². The van der Waals surface area contributed by atoms with Crippen LogP contribution in [0.5, 0.6) is 0 Å². The van der Waals surface area contributed by atoms with E-state index in [2.05, 4.69) is 38.3 Å². The molecule has 1 aliphatic heterocycles. The van der Waals surface area contributed by atoms with E-state index in [9.17, 15) is 0 Å². The van der Waals surface area contributed by atoms with Gasteiger partial charge in [-0.3, -0.25) is 14.5 Å². The standard InChI is InChI=1S/C18H30N6O2/c1-15-20-18(21-26-15)14-22(2)17-5-4-7-23(8-6-17)12-16-11-19-24(13-16)9-10-25-3/h11,13,17H,4-10,12,14H2,1-3H3/t17-/m0/s1. The first kappa shape index (κ1) is 19.0. The van der Waals surface area contributed by atoms with Gasteiger partial charge in [0.1, 0.15) is 0 Å². The van der Waals surface area contributed by atoms with Crippen LogP contribution in [0.25, 0.3) is 0 Å². The molecule has 0 saturated carbocycles. The summed E-state index contributed by atoms with van der Waals surface area (Å²) in [7, 11) is 3.88. The van der Waals surface area contributed by atoms with Crippen molar-refractivity contribution in [2.45, 2.75) is 51.9 Å². The molecule has 3 heterocycles. The Morgan fingerprint density at radius 3 is 3.00 bits per heavy atom. The van der Waals surface area contributed by atoms with Crippen molar-refractivity contribution in [3.05, 3.63) is 29.7 Å². The van der Waals surface area contributed by atoms with Crippen molar-refractivity contribution in [2.75, 3.05) is 33.9 Å². The normalized spacial score (nSPS) is 19.2. The highest BCUT2D eigenvalue weighted by atomic mass is 16.5. The van der Waals surface area contributed by atoms with Crippen molar-refractivity contribution in [3.63, 3.8) is 0 Å². The molecule has 1 atom stereocenters. The Labute approximate surface area is 155 Å². The summed E-state index contributed by atoms with van der Waals surface area (Å²) >= 11 is 0. The van der Waals surface area contributed by atoms with Crippen LogP contribution in [-0.4, -0.2) is 69.6 Å². The first-order chi connectivity index (χ1) is 12.6. The molecule has 2 aromatic rings. The van der Waals surface area contributed by atoms with E-state index in [0.717, 1.165) is 45.0 Å². The van der Waals surface area contributed by atoms with Gasteiger partial charge >= 0.3 is 0 Å². The highest BCUT2D eigenvalue weighted by molar-refractivity contribution is 5.04. The predicted molar refractivity (Wildman–Crippen MR) is 97.5 cm³/mol. The molecule has 0 radical (unpaired) electrons. The summed E-state index contributed by atoms with van der Waals surface area (Å²) in [5.41, 5.74) is 1.27. The minimum Gasteiger partial charge on any atom is -0.383 e. The number of aryl methyl sites for hydroxylation is 1. The maximum Gasteiger partial charge on any atom is 0.223 e. The van der Waals surface area contributed by atoms with Gasteiger partial charge in [0.05, 0.1) is 25.9 Å². The van der Waals surface area contributed by atoms with Gasteiger partial charge < -0.3 is 9.26 Å². The van der Waals surface area contributed by atoms with Crippen molar-refractivity contribution < 1.29 is 9.26 Å². The lowest BCUT2D eigenvalue weighted by Crippen LogP contribution is -2.33. The van der Waals surface area contributed by atoms with Crippen LogP contribution in [0, 0.1) is 6.92 Å². The lowest BCUT2D eigenvalue weighted by molar-refractivity contribution is 0.183. The van der Waals surface area contributed by atoms with Gasteiger partial charge in [0.2, 0.25) is 5.89 Å². The van der Waals surface area contributed by atoms with Crippen LogP contribution >= 0.6 is 0 Å². The summed E-state index contributed by atoms with van der Waals surface area (Å²) in [6.45, 7) is 7.27. The highest BCUT2D eigenvalue weighted by Crippen LogP contribution is 2.18. The second-order valence-corrected chi connectivity index (χ2v) is 7.11. The van der Waals surface area contributed by atoms with Crippen LogP contribution in [0.3, 0.4) is 0 Å². The first-order valence-corrected chi connectivity index (χ1v) is 9.36. The monoisotopic (exact) mass is 362 g/mol. The Hall–Kier alpha value is -1.77. The number of methoxy groups -OCH3 is 1. The van der Waals surface area contributed by atoms with Gasteiger partial charge in [-0.2, -0.15) is 10.1 Å². The van der Waals surface area contributed by atoms with Crippen LogP contribution in [0.2, 0.25) is 0 Å². The molecule has 144 valence electrons. The molecule has 0 unspecified atom stereocenters. The average Bonchev–Trinajstić information content (AvgIpc) is 3.16. The molecule has 26 heavy (non-hydrogen) atoms. The third kappa shape index (κ3) is 5.36. The van der Waals surface area contributed by atoms with Crippen molar-refractivity contribution in [3.8, 4) is 0 Å². The summed E-state index contributed by atoms with van der Waals surface area (Å²) in [6.07, 6.45) is 7.68. The molecule has 1 saturated heterocycles. The summed E-state index contributed by atoms with van der Waals surface area (Å²) in [5, 5.41) is 8.43. The summed E-state index contributed by atoms with van der Waals surface area (Å²) in [6, 6.07) is 0.559. The first-order valence-electron chi connectivity index (χ1n) is 9.36. The summed E-state index contributed by atoms with van der Waals surface area (Å²) in [5.74, 6) is 1.40. The topological polar surface area (TPSA) is 72.5 Å². The largest absolute Gasteiger partial charge is 0.383 e. The van der Waals surface area contributed by atoms with E-state index in [0.29, 0.717) is 18.5 Å². The van der Waals surface area contributed by atoms with Crippen LogP contribution < -0.4 is 0 Å². The van der Waals surface area contributed by atoms with Gasteiger partial charge in [0, 0.05) is 38.4 Å². The Morgan fingerprint density at radius 1 is 1.35 bits per heavy atom. The second-order valence-electron chi connectivity index (χ2n) is 7.11. The maximum atomic E-state index is 5.11. The third-order valence-corrected chi connectivity index (χ3v) is 4.99. The minimum absolute atomic E-state index is 0.559. The van der Waals surface area contributed by atoms with Gasteiger partial charge in [-0.25, -0.2) is 0 Å². The van der Waals surface area contributed by atoms with E-state index in [-0.39, 0.29) is 0 Å². The zero-order valence-electron chi connectivity index (χ0n) is 16.1. The second kappa shape index (κ2) is 9.25. The SMILES string of the molecule is COCCn1cc(CN2CCC[C@H](N(C)Cc3noc(C)n3)CC2)cn1. The van der Waals surface area contributed by atoms with E-state index in [1.54, 1.807) is 7.11 Å². The third-order valence-electron chi connectivity index (χ3n) is 4.99.